The zero-order chi connectivity index (χ0) is 18.4. The summed E-state index contributed by atoms with van der Waals surface area (Å²) in [5.74, 6) is -0.0231. The number of hydrogen-bond donors (Lipinski definition) is 1. The first-order valence-electron chi connectivity index (χ1n) is 8.11. The first kappa shape index (κ1) is 19.6. The molecule has 0 aliphatic carbocycles. The Labute approximate surface area is 158 Å². The topological polar surface area (TPSA) is 46.2 Å². The Kier molecular flexibility index (Phi) is 7.18. The first-order chi connectivity index (χ1) is 11.9. The van der Waals surface area contributed by atoms with Crippen LogP contribution in [0.4, 0.5) is 0 Å². The van der Waals surface area contributed by atoms with Crippen molar-refractivity contribution in [1.82, 2.24) is 5.32 Å². The van der Waals surface area contributed by atoms with E-state index in [2.05, 4.69) is 5.32 Å². The second-order valence-corrected chi connectivity index (χ2v) is 7.02. The molecule has 132 valence electrons. The van der Waals surface area contributed by atoms with Gasteiger partial charge in [0.15, 0.2) is 5.78 Å². The molecular weight excluding hydrogens is 357 g/mol. The average Bonchev–Trinajstić information content (AvgIpc) is 2.55. The minimum atomic E-state index is -0.0562. The van der Waals surface area contributed by atoms with Gasteiger partial charge in [-0.1, -0.05) is 46.5 Å². The van der Waals surface area contributed by atoms with Crippen LogP contribution in [0.2, 0.25) is 10.0 Å². The lowest BCUT2D eigenvalue weighted by Gasteiger charge is -2.16. The van der Waals surface area contributed by atoms with Crippen molar-refractivity contribution in [2.75, 3.05) is 13.1 Å². The van der Waals surface area contributed by atoms with Gasteiger partial charge in [0.25, 0.3) is 0 Å². The van der Waals surface area contributed by atoms with Gasteiger partial charge in [0, 0.05) is 24.4 Å². The molecular formula is C20H21Cl2NO2. The fourth-order valence-corrected chi connectivity index (χ4v) is 3.12. The number of carbonyl (C=O) groups is 2. The molecule has 0 radical (unpaired) electrons. The normalized spacial score (nSPS) is 12.0. The first-order valence-corrected chi connectivity index (χ1v) is 8.87. The van der Waals surface area contributed by atoms with Gasteiger partial charge in [-0.15, -0.1) is 0 Å². The Morgan fingerprint density at radius 3 is 2.36 bits per heavy atom. The smallest absolute Gasteiger partial charge is 0.176 e. The van der Waals surface area contributed by atoms with Gasteiger partial charge in [0.1, 0.15) is 6.29 Å². The number of halogens is 2. The molecule has 0 amide bonds. The lowest BCUT2D eigenvalue weighted by molar-refractivity contribution is -0.108. The highest BCUT2D eigenvalue weighted by Crippen LogP contribution is 2.27. The van der Waals surface area contributed by atoms with E-state index in [1.54, 1.807) is 12.1 Å². The van der Waals surface area contributed by atoms with Crippen LogP contribution in [0.5, 0.6) is 0 Å². The molecule has 25 heavy (non-hydrogen) atoms. The van der Waals surface area contributed by atoms with Crippen LogP contribution in [0.15, 0.2) is 36.4 Å². The number of benzene rings is 2. The molecule has 0 saturated carbocycles. The minimum Gasteiger partial charge on any atom is -0.309 e. The summed E-state index contributed by atoms with van der Waals surface area (Å²) in [7, 11) is 0. The lowest BCUT2D eigenvalue weighted by Crippen LogP contribution is -2.28. The Balaban J connectivity index is 2.00. The van der Waals surface area contributed by atoms with Gasteiger partial charge < -0.3 is 10.1 Å². The average molecular weight is 378 g/mol. The third-order valence-electron chi connectivity index (χ3n) is 4.02. The highest BCUT2D eigenvalue weighted by atomic mass is 35.5. The molecule has 3 nitrogen and oxygen atoms in total. The summed E-state index contributed by atoms with van der Waals surface area (Å²) >= 11 is 12.0. The second kappa shape index (κ2) is 9.14. The Morgan fingerprint density at radius 2 is 1.76 bits per heavy atom. The van der Waals surface area contributed by atoms with E-state index in [4.69, 9.17) is 23.2 Å². The molecule has 1 atom stereocenters. The third-order valence-corrected chi connectivity index (χ3v) is 4.75. The zero-order valence-electron chi connectivity index (χ0n) is 14.3. The quantitative estimate of drug-likeness (QED) is 0.532. The van der Waals surface area contributed by atoms with E-state index in [1.807, 2.05) is 38.1 Å². The monoisotopic (exact) mass is 377 g/mol. The number of aryl methyl sites for hydroxylation is 2. The number of aldehydes is 1. The maximum atomic E-state index is 12.4. The molecule has 0 spiro atoms. The Bertz CT molecular complexity index is 754. The van der Waals surface area contributed by atoms with Crippen molar-refractivity contribution in [3.05, 3.63) is 68.7 Å². The van der Waals surface area contributed by atoms with Gasteiger partial charge in [-0.05, 0) is 43.7 Å². The molecule has 0 saturated heterocycles. The van der Waals surface area contributed by atoms with Crippen LogP contribution in [0.25, 0.3) is 0 Å². The van der Waals surface area contributed by atoms with Crippen LogP contribution in [0.1, 0.15) is 39.4 Å². The van der Waals surface area contributed by atoms with Gasteiger partial charge in [0.2, 0.25) is 0 Å². The summed E-state index contributed by atoms with van der Waals surface area (Å²) < 4.78 is 0. The second-order valence-electron chi connectivity index (χ2n) is 6.20. The van der Waals surface area contributed by atoms with Crippen molar-refractivity contribution in [1.29, 1.82) is 0 Å². The predicted octanol–water partition coefficient (Wildman–Crippen LogP) is 4.76. The van der Waals surface area contributed by atoms with E-state index < -0.39 is 0 Å². The molecule has 2 rings (SSSR count). The molecule has 0 heterocycles. The van der Waals surface area contributed by atoms with Crippen molar-refractivity contribution in [2.45, 2.75) is 26.2 Å². The van der Waals surface area contributed by atoms with E-state index in [0.717, 1.165) is 23.0 Å². The van der Waals surface area contributed by atoms with Gasteiger partial charge >= 0.3 is 0 Å². The fourth-order valence-electron chi connectivity index (χ4n) is 2.82. The fraction of sp³-hybridized carbons (Fsp3) is 0.300. The Hall–Kier alpha value is -1.68. The molecule has 0 aliphatic heterocycles. The number of hydrogen-bond acceptors (Lipinski definition) is 3. The minimum absolute atomic E-state index is 0.0331. The van der Waals surface area contributed by atoms with E-state index in [1.165, 1.54) is 0 Å². The van der Waals surface area contributed by atoms with Gasteiger partial charge in [-0.3, -0.25) is 4.79 Å². The summed E-state index contributed by atoms with van der Waals surface area (Å²) in [6.45, 7) is 4.68. The highest BCUT2D eigenvalue weighted by Gasteiger charge is 2.14. The van der Waals surface area contributed by atoms with E-state index in [-0.39, 0.29) is 18.2 Å². The summed E-state index contributed by atoms with van der Waals surface area (Å²) in [6.07, 6.45) is 1.23. The third kappa shape index (κ3) is 5.67. The van der Waals surface area contributed by atoms with E-state index in [9.17, 15) is 9.59 Å². The summed E-state index contributed by atoms with van der Waals surface area (Å²) in [5, 5.41) is 4.09. The van der Waals surface area contributed by atoms with Gasteiger partial charge in [-0.2, -0.15) is 0 Å². The summed E-state index contributed by atoms with van der Waals surface area (Å²) in [5.41, 5.74) is 3.76. The number of ketones is 1. The molecule has 0 bridgehead atoms. The summed E-state index contributed by atoms with van der Waals surface area (Å²) in [6, 6.07) is 11.2. The van der Waals surface area contributed by atoms with Crippen LogP contribution in [-0.2, 0) is 4.79 Å². The predicted molar refractivity (Wildman–Crippen MR) is 103 cm³/mol. The molecule has 0 aliphatic rings. The van der Waals surface area contributed by atoms with Crippen LogP contribution in [0.3, 0.4) is 0 Å². The summed E-state index contributed by atoms with van der Waals surface area (Å²) in [4.78, 5) is 23.3. The van der Waals surface area contributed by atoms with Crippen molar-refractivity contribution in [2.24, 2.45) is 0 Å². The van der Waals surface area contributed by atoms with E-state index >= 15 is 0 Å². The molecule has 0 unspecified atom stereocenters. The highest BCUT2D eigenvalue weighted by molar-refractivity contribution is 6.42. The van der Waals surface area contributed by atoms with Crippen LogP contribution in [-0.4, -0.2) is 25.2 Å². The van der Waals surface area contributed by atoms with Crippen LogP contribution < -0.4 is 5.32 Å². The number of Topliss-reactive ketones (excluding diaryl/α,β-unsaturated/α-hetero) is 1. The molecule has 5 heteroatoms. The SMILES string of the molecule is Cc1cc(C)cc(C(=O)CNC[C@@H](CC=O)c2ccc(Cl)c(Cl)c2)c1. The molecule has 0 fully saturated rings. The maximum Gasteiger partial charge on any atom is 0.176 e. The standard InChI is InChI=1S/C20H21Cl2NO2/c1-13-7-14(2)9-17(8-13)20(25)12-23-11-16(5-6-24)15-3-4-18(21)19(22)10-15/h3-4,6-10,16,23H,5,11-12H2,1-2H3/t16-/m1/s1. The van der Waals surface area contributed by atoms with Gasteiger partial charge in [-0.25, -0.2) is 0 Å². The maximum absolute atomic E-state index is 12.4. The van der Waals surface area contributed by atoms with Crippen LogP contribution >= 0.6 is 23.2 Å². The van der Waals surface area contributed by atoms with Gasteiger partial charge in [0.05, 0.1) is 16.6 Å². The van der Waals surface area contributed by atoms with Crippen molar-refractivity contribution < 1.29 is 9.59 Å². The van der Waals surface area contributed by atoms with Crippen molar-refractivity contribution >= 4 is 35.3 Å². The molecule has 2 aromatic carbocycles. The number of rotatable bonds is 8. The Morgan fingerprint density at radius 1 is 1.08 bits per heavy atom. The zero-order valence-corrected chi connectivity index (χ0v) is 15.8. The van der Waals surface area contributed by atoms with Crippen molar-refractivity contribution in [3.8, 4) is 0 Å². The van der Waals surface area contributed by atoms with E-state index in [0.29, 0.717) is 28.6 Å². The number of nitrogens with one attached hydrogen (secondary N) is 1. The largest absolute Gasteiger partial charge is 0.309 e. The molecule has 1 N–H and O–H groups in total. The molecule has 0 aromatic heterocycles. The molecule has 2 aromatic rings. The number of carbonyl (C=O) groups excluding carboxylic acids is 2. The van der Waals surface area contributed by atoms with Crippen molar-refractivity contribution in [3.63, 3.8) is 0 Å². The lowest BCUT2D eigenvalue weighted by atomic mass is 9.96. The van der Waals surface area contributed by atoms with Crippen LogP contribution in [0, 0.1) is 13.8 Å².